The molecule has 0 fully saturated rings. The predicted octanol–water partition coefficient (Wildman–Crippen LogP) is 3.74. The average molecular weight is 365 g/mol. The van der Waals surface area contributed by atoms with Gasteiger partial charge in [-0.25, -0.2) is 4.79 Å². The van der Waals surface area contributed by atoms with E-state index in [0.717, 1.165) is 21.2 Å². The van der Waals surface area contributed by atoms with Gasteiger partial charge in [-0.3, -0.25) is 0 Å². The third-order valence-corrected chi connectivity index (χ3v) is 8.91. The van der Waals surface area contributed by atoms with Gasteiger partial charge in [-0.2, -0.15) is 0 Å². The first-order valence-electron chi connectivity index (χ1n) is 8.78. The van der Waals surface area contributed by atoms with Crippen LogP contribution in [0.5, 0.6) is 0 Å². The van der Waals surface area contributed by atoms with E-state index in [1.165, 1.54) is 0 Å². The van der Waals surface area contributed by atoms with Crippen molar-refractivity contribution in [1.29, 1.82) is 0 Å². The number of benzene rings is 3. The largest absolute Gasteiger partial charge is 0.463 e. The molecule has 3 rings (SSSR count). The van der Waals surface area contributed by atoms with Crippen LogP contribution < -0.4 is 15.9 Å². The quantitative estimate of drug-likeness (QED) is 0.391. The van der Waals surface area contributed by atoms with Gasteiger partial charge in [0.25, 0.3) is 0 Å². The van der Waals surface area contributed by atoms with Crippen molar-refractivity contribution in [3.63, 3.8) is 0 Å². The molecule has 0 heterocycles. The molecule has 0 saturated carbocycles. The van der Waals surface area contributed by atoms with Crippen molar-refractivity contribution in [3.05, 3.63) is 91.0 Å². The summed E-state index contributed by atoms with van der Waals surface area (Å²) in [6, 6.07) is 31.0. The van der Waals surface area contributed by atoms with Crippen LogP contribution in [0.25, 0.3) is 0 Å². The number of carbonyl (C=O) groups excluding carboxylic acids is 1. The smallest absolute Gasteiger partial charge is 0.334 e. The fourth-order valence-corrected chi connectivity index (χ4v) is 7.61. The van der Waals surface area contributed by atoms with E-state index in [1.54, 1.807) is 0 Å². The predicted molar refractivity (Wildman–Crippen MR) is 112 cm³/mol. The van der Waals surface area contributed by atoms with Crippen LogP contribution in [0.3, 0.4) is 0 Å². The molecule has 0 aromatic heterocycles. The lowest BCUT2D eigenvalue weighted by Crippen LogP contribution is -2.33. The number of hydrogen-bond acceptors (Lipinski definition) is 2. The molecule has 0 aliphatic rings. The molecule has 0 spiro atoms. The Bertz CT molecular complexity index is 813. The number of rotatable bonds is 5. The number of esters is 1. The van der Waals surface area contributed by atoms with Gasteiger partial charge in [-0.15, -0.1) is 0 Å². The van der Waals surface area contributed by atoms with Crippen LogP contribution in [0, 0.1) is 0 Å². The lowest BCUT2D eigenvalue weighted by molar-refractivity contribution is -0.134. The van der Waals surface area contributed by atoms with E-state index < -0.39 is 6.89 Å². The molecule has 3 aromatic carbocycles. The molecule has 0 radical (unpaired) electrons. The Labute approximate surface area is 155 Å². The maximum absolute atomic E-state index is 12.9. The number of ether oxygens (including phenoxy) is 1. The van der Waals surface area contributed by atoms with Gasteiger partial charge in [0, 0.05) is 5.29 Å². The van der Waals surface area contributed by atoms with Crippen molar-refractivity contribution in [2.75, 3.05) is 6.61 Å². The molecule has 3 aromatic rings. The van der Waals surface area contributed by atoms with E-state index in [-0.39, 0.29) is 5.97 Å². The molecular weight excluding hydrogens is 342 g/mol. The van der Waals surface area contributed by atoms with E-state index in [9.17, 15) is 4.79 Å². The van der Waals surface area contributed by atoms with E-state index >= 15 is 0 Å². The van der Waals surface area contributed by atoms with Crippen LogP contribution in [-0.4, -0.2) is 17.9 Å². The summed E-state index contributed by atoms with van der Waals surface area (Å²) in [5.41, 5.74) is 0. The van der Waals surface area contributed by atoms with Gasteiger partial charge in [0.1, 0.15) is 0 Å². The normalized spacial score (nSPS) is 11.0. The first kappa shape index (κ1) is 18.2. The Morgan fingerprint density at radius 1 is 0.731 bits per heavy atom. The minimum absolute atomic E-state index is 0.225. The molecule has 0 amide bonds. The molecule has 0 atom stereocenters. The Morgan fingerprint density at radius 2 is 1.08 bits per heavy atom. The summed E-state index contributed by atoms with van der Waals surface area (Å²) in [6.45, 7) is 1.86. The van der Waals surface area contributed by atoms with E-state index in [2.05, 4.69) is 36.4 Å². The van der Waals surface area contributed by atoms with Gasteiger partial charge in [0.2, 0.25) is 0 Å². The highest BCUT2D eigenvalue weighted by atomic mass is 31.2. The molecular formula is C23H23O2P. The molecule has 132 valence electrons. The third kappa shape index (κ3) is 3.25. The first-order valence-corrected chi connectivity index (χ1v) is 10.6. The topological polar surface area (TPSA) is 26.3 Å². The zero-order valence-electron chi connectivity index (χ0n) is 15.1. The molecule has 3 heteroatoms. The second-order valence-electron chi connectivity index (χ2n) is 5.98. The van der Waals surface area contributed by atoms with Crippen LogP contribution >= 0.6 is 6.89 Å². The Hall–Kier alpha value is -2.57. The summed E-state index contributed by atoms with van der Waals surface area (Å²) >= 11 is 0. The Kier molecular flexibility index (Phi) is 5.75. The molecule has 2 nitrogen and oxygen atoms in total. The van der Waals surface area contributed by atoms with Crippen LogP contribution in [0.15, 0.2) is 91.0 Å². The number of carbonyl (C=O) groups is 1. The van der Waals surface area contributed by atoms with Crippen LogP contribution in [-0.2, 0) is 9.53 Å². The van der Waals surface area contributed by atoms with Crippen LogP contribution in [0.2, 0.25) is 0 Å². The van der Waals surface area contributed by atoms with E-state index in [1.807, 2.05) is 68.4 Å². The van der Waals surface area contributed by atoms with Crippen LogP contribution in [0.4, 0.5) is 0 Å². The second kappa shape index (κ2) is 8.21. The standard InChI is InChI=1S/C23H23O2P/c1-3-25-23(24)19(2)26(20-13-7-4-8-14-20,21-15-9-5-10-16-21)22-17-11-6-12-18-22/h4-18H,3H2,1-2H3/i2+1,19+1,23+1. The summed E-state index contributed by atoms with van der Waals surface area (Å²) in [5, 5.41) is 4.23. The molecule has 0 unspecified atom stereocenters. The summed E-state index contributed by atoms with van der Waals surface area (Å²) < 4.78 is 5.43. The summed E-state index contributed by atoms with van der Waals surface area (Å²) in [7, 11) is 0. The molecule has 26 heavy (non-hydrogen) atoms. The average Bonchev–Trinajstić information content (AvgIpc) is 2.71. The highest BCUT2D eigenvalue weighted by Crippen LogP contribution is 2.46. The Morgan fingerprint density at radius 3 is 1.38 bits per heavy atom. The summed E-state index contributed by atoms with van der Waals surface area (Å²) in [5.74, 6) is -0.225. The van der Waals surface area contributed by atoms with E-state index in [4.69, 9.17) is 4.74 Å². The maximum atomic E-state index is 12.9. The second-order valence-corrected chi connectivity index (χ2v) is 9.55. The van der Waals surface area contributed by atoms with Gasteiger partial charge < -0.3 is 4.74 Å². The third-order valence-electron chi connectivity index (χ3n) is 4.50. The van der Waals surface area contributed by atoms with Crippen molar-refractivity contribution in [1.82, 2.24) is 0 Å². The van der Waals surface area contributed by atoms with Gasteiger partial charge in [0.05, 0.1) is 6.61 Å². The lowest BCUT2D eigenvalue weighted by atomic mass is 10.4. The fraction of sp³-hybridized carbons (Fsp3) is 0.130. The van der Waals surface area contributed by atoms with Crippen molar-refractivity contribution >= 4 is 34.1 Å². The van der Waals surface area contributed by atoms with Crippen LogP contribution in [0.1, 0.15) is 13.8 Å². The van der Waals surface area contributed by atoms with Gasteiger partial charge in [0.15, 0.2) is 0 Å². The van der Waals surface area contributed by atoms with Gasteiger partial charge >= 0.3 is 5.97 Å². The molecule has 0 aliphatic carbocycles. The lowest BCUT2D eigenvalue weighted by Gasteiger charge is -2.31. The van der Waals surface area contributed by atoms with Crippen molar-refractivity contribution in [3.8, 4) is 0 Å². The van der Waals surface area contributed by atoms with E-state index in [0.29, 0.717) is 6.61 Å². The maximum Gasteiger partial charge on any atom is 0.334 e. The van der Waals surface area contributed by atoms with Gasteiger partial charge in [-0.1, -0.05) is 91.0 Å². The van der Waals surface area contributed by atoms with Crippen molar-refractivity contribution in [2.24, 2.45) is 0 Å². The minimum Gasteiger partial charge on any atom is -0.463 e. The van der Waals surface area contributed by atoms with Crippen molar-refractivity contribution in [2.45, 2.75) is 13.8 Å². The zero-order chi connectivity index (χ0) is 18.4. The molecule has 0 bridgehead atoms. The van der Waals surface area contributed by atoms with Gasteiger partial charge in [-0.05, 0) is 36.6 Å². The number of hydrogen-bond donors (Lipinski definition) is 0. The molecule has 0 saturated heterocycles. The highest BCUT2D eigenvalue weighted by Gasteiger charge is 2.31. The fourth-order valence-electron chi connectivity index (χ4n) is 3.36. The monoisotopic (exact) mass is 365 g/mol. The Balaban J connectivity index is 2.48. The summed E-state index contributed by atoms with van der Waals surface area (Å²) in [4.78, 5) is 12.9. The first-order chi connectivity index (χ1) is 12.7. The van der Waals surface area contributed by atoms with Crippen molar-refractivity contribution < 1.29 is 9.53 Å². The minimum atomic E-state index is -2.29. The zero-order valence-corrected chi connectivity index (χ0v) is 16.0. The summed E-state index contributed by atoms with van der Waals surface area (Å²) in [6.07, 6.45) is 0. The highest BCUT2D eigenvalue weighted by molar-refractivity contribution is 7.96. The SMILES string of the molecule is CCO[13C](=O)[13C]([13CH3])=P(c1ccccc1)(c1ccccc1)c1ccccc1. The molecule has 0 N–H and O–H groups in total. The molecule has 0 aliphatic heterocycles.